The second-order valence-electron chi connectivity index (χ2n) is 8.88. The van der Waals surface area contributed by atoms with E-state index in [1.807, 2.05) is 6.92 Å². The Morgan fingerprint density at radius 1 is 0.923 bits per heavy atom. The second kappa shape index (κ2) is 6.50. The number of aromatic nitrogens is 2. The van der Waals surface area contributed by atoms with E-state index in [2.05, 4.69) is 14.8 Å². The molecule has 2 atom stereocenters. The van der Waals surface area contributed by atoms with Gasteiger partial charge in [0, 0.05) is 55.2 Å². The Labute approximate surface area is 156 Å². The lowest BCUT2D eigenvalue weighted by atomic mass is 9.88. The summed E-state index contributed by atoms with van der Waals surface area (Å²) >= 11 is 0. The summed E-state index contributed by atoms with van der Waals surface area (Å²) in [6.07, 6.45) is 9.47. The first-order valence-corrected chi connectivity index (χ1v) is 10.6. The number of hydrogen-bond donors (Lipinski definition) is 0. The molecule has 5 nitrogen and oxygen atoms in total. The fraction of sp³-hybridized carbons (Fsp3) is 0.762. The largest absolute Gasteiger partial charge is 0.356 e. The molecule has 2 aliphatic carbocycles. The van der Waals surface area contributed by atoms with E-state index < -0.39 is 0 Å². The molecular weight excluding hydrogens is 324 g/mol. The number of likely N-dealkylation sites (tertiary alicyclic amines) is 1. The number of nitrogens with zero attached hydrogens (tertiary/aromatic N) is 4. The Balaban J connectivity index is 1.27. The van der Waals surface area contributed by atoms with Crippen LogP contribution in [0.3, 0.4) is 0 Å². The summed E-state index contributed by atoms with van der Waals surface area (Å²) in [6.45, 7) is 6.05. The van der Waals surface area contributed by atoms with E-state index in [1.165, 1.54) is 42.8 Å². The zero-order chi connectivity index (χ0) is 17.7. The van der Waals surface area contributed by atoms with Gasteiger partial charge in [-0.1, -0.05) is 19.3 Å². The van der Waals surface area contributed by atoms with Gasteiger partial charge in [0.25, 0.3) is 0 Å². The maximum absolute atomic E-state index is 12.9. The van der Waals surface area contributed by atoms with Crippen molar-refractivity contribution < 1.29 is 4.79 Å². The van der Waals surface area contributed by atoms with Gasteiger partial charge >= 0.3 is 0 Å². The van der Waals surface area contributed by atoms with Crippen LogP contribution < -0.4 is 4.90 Å². The van der Waals surface area contributed by atoms with E-state index in [1.54, 1.807) is 0 Å². The molecule has 0 N–H and O–H groups in total. The van der Waals surface area contributed by atoms with Crippen molar-refractivity contribution in [2.24, 2.45) is 17.8 Å². The van der Waals surface area contributed by atoms with Gasteiger partial charge in [0.15, 0.2) is 0 Å². The molecule has 5 heteroatoms. The number of hydrogen-bond acceptors (Lipinski definition) is 4. The molecular formula is C21H30N4O. The lowest BCUT2D eigenvalue weighted by molar-refractivity contribution is -0.135. The van der Waals surface area contributed by atoms with Gasteiger partial charge < -0.3 is 9.80 Å². The van der Waals surface area contributed by atoms with E-state index in [4.69, 9.17) is 4.98 Å². The molecule has 2 unspecified atom stereocenters. The van der Waals surface area contributed by atoms with E-state index in [9.17, 15) is 4.79 Å². The molecule has 1 amide bonds. The van der Waals surface area contributed by atoms with Crippen LogP contribution in [0.4, 0.5) is 5.82 Å². The maximum Gasteiger partial charge on any atom is 0.225 e. The molecule has 2 aliphatic heterocycles. The molecule has 0 aromatic carbocycles. The zero-order valence-electron chi connectivity index (χ0n) is 15.9. The quantitative estimate of drug-likeness (QED) is 0.819. The lowest BCUT2D eigenvalue weighted by Crippen LogP contribution is -2.38. The van der Waals surface area contributed by atoms with Crippen LogP contribution in [0.5, 0.6) is 0 Å². The highest BCUT2D eigenvalue weighted by Crippen LogP contribution is 2.38. The van der Waals surface area contributed by atoms with Crippen LogP contribution in [0.15, 0.2) is 0 Å². The van der Waals surface area contributed by atoms with Crippen LogP contribution in [0.25, 0.3) is 0 Å². The molecule has 26 heavy (non-hydrogen) atoms. The number of aryl methyl sites for hydroxylation is 2. The van der Waals surface area contributed by atoms with E-state index in [-0.39, 0.29) is 0 Å². The average molecular weight is 354 g/mol. The van der Waals surface area contributed by atoms with Gasteiger partial charge in [-0.15, -0.1) is 0 Å². The molecule has 1 saturated carbocycles. The molecule has 4 aliphatic rings. The molecule has 2 saturated heterocycles. The molecule has 0 radical (unpaired) electrons. The summed E-state index contributed by atoms with van der Waals surface area (Å²) in [5, 5.41) is 0. The van der Waals surface area contributed by atoms with Gasteiger partial charge in [-0.2, -0.15) is 0 Å². The SMILES string of the molecule is Cc1nc2c(c(N3CC4CN(C(=O)C5CCCCC5)CC4C3)n1)CCC2. The summed E-state index contributed by atoms with van der Waals surface area (Å²) in [4.78, 5) is 27.0. The summed E-state index contributed by atoms with van der Waals surface area (Å²) in [5.41, 5.74) is 2.67. The van der Waals surface area contributed by atoms with Crippen molar-refractivity contribution in [3.8, 4) is 0 Å². The molecule has 3 heterocycles. The third kappa shape index (κ3) is 2.80. The summed E-state index contributed by atoms with van der Waals surface area (Å²) < 4.78 is 0. The summed E-state index contributed by atoms with van der Waals surface area (Å²) in [6, 6.07) is 0. The Bertz CT molecular complexity index is 698. The van der Waals surface area contributed by atoms with Crippen molar-refractivity contribution in [3.05, 3.63) is 17.1 Å². The van der Waals surface area contributed by atoms with Crippen LogP contribution in [-0.2, 0) is 17.6 Å². The molecule has 1 aromatic heterocycles. The molecule has 5 rings (SSSR count). The highest BCUT2D eigenvalue weighted by molar-refractivity contribution is 5.79. The first-order chi connectivity index (χ1) is 12.7. The van der Waals surface area contributed by atoms with Crippen molar-refractivity contribution in [1.29, 1.82) is 0 Å². The van der Waals surface area contributed by atoms with Gasteiger partial charge in [-0.05, 0) is 39.0 Å². The molecule has 0 bridgehead atoms. The van der Waals surface area contributed by atoms with Crippen molar-refractivity contribution in [1.82, 2.24) is 14.9 Å². The summed E-state index contributed by atoms with van der Waals surface area (Å²) in [5.74, 6) is 4.11. The van der Waals surface area contributed by atoms with Gasteiger partial charge in [-0.25, -0.2) is 9.97 Å². The van der Waals surface area contributed by atoms with Crippen molar-refractivity contribution in [2.75, 3.05) is 31.1 Å². The lowest BCUT2D eigenvalue weighted by Gasteiger charge is -2.28. The third-order valence-corrected chi connectivity index (χ3v) is 7.07. The van der Waals surface area contributed by atoms with Gasteiger partial charge in [-0.3, -0.25) is 4.79 Å². The topological polar surface area (TPSA) is 49.3 Å². The number of carbonyl (C=O) groups is 1. The number of amides is 1. The number of anilines is 1. The third-order valence-electron chi connectivity index (χ3n) is 7.07. The Morgan fingerprint density at radius 2 is 1.65 bits per heavy atom. The first-order valence-electron chi connectivity index (χ1n) is 10.6. The second-order valence-corrected chi connectivity index (χ2v) is 8.88. The van der Waals surface area contributed by atoms with E-state index in [0.717, 1.165) is 57.7 Å². The molecule has 1 aromatic rings. The van der Waals surface area contributed by atoms with Crippen LogP contribution >= 0.6 is 0 Å². The normalized spacial score (nSPS) is 28.5. The van der Waals surface area contributed by atoms with E-state index >= 15 is 0 Å². The standard InChI is InChI=1S/C21H30N4O/c1-14-22-19-9-5-8-18(19)20(23-14)24-10-16-12-25(13-17(16)11-24)21(26)15-6-3-2-4-7-15/h15-17H,2-13H2,1H3. The Morgan fingerprint density at radius 3 is 2.38 bits per heavy atom. The Kier molecular flexibility index (Phi) is 4.13. The smallest absolute Gasteiger partial charge is 0.225 e. The fourth-order valence-electron chi connectivity index (χ4n) is 5.75. The highest BCUT2D eigenvalue weighted by atomic mass is 16.2. The maximum atomic E-state index is 12.9. The Hall–Kier alpha value is -1.65. The van der Waals surface area contributed by atoms with Crippen LogP contribution in [-0.4, -0.2) is 47.0 Å². The predicted octanol–water partition coefficient (Wildman–Crippen LogP) is 2.75. The van der Waals surface area contributed by atoms with E-state index in [0.29, 0.717) is 23.7 Å². The van der Waals surface area contributed by atoms with Gasteiger partial charge in [0.1, 0.15) is 11.6 Å². The zero-order valence-corrected chi connectivity index (χ0v) is 15.9. The summed E-state index contributed by atoms with van der Waals surface area (Å²) in [7, 11) is 0. The minimum atomic E-state index is 0.312. The minimum absolute atomic E-state index is 0.312. The van der Waals surface area contributed by atoms with Crippen LogP contribution in [0, 0.1) is 24.7 Å². The number of rotatable bonds is 2. The molecule has 0 spiro atoms. The van der Waals surface area contributed by atoms with Gasteiger partial charge in [0.05, 0.1) is 0 Å². The van der Waals surface area contributed by atoms with Crippen LogP contribution in [0.1, 0.15) is 55.6 Å². The first kappa shape index (κ1) is 16.5. The number of carbonyl (C=O) groups excluding carboxylic acids is 1. The monoisotopic (exact) mass is 354 g/mol. The van der Waals surface area contributed by atoms with Crippen molar-refractivity contribution >= 4 is 11.7 Å². The van der Waals surface area contributed by atoms with Gasteiger partial charge in [0.2, 0.25) is 5.91 Å². The van der Waals surface area contributed by atoms with Crippen LogP contribution in [0.2, 0.25) is 0 Å². The number of fused-ring (bicyclic) bond motifs is 2. The minimum Gasteiger partial charge on any atom is -0.356 e. The fourth-order valence-corrected chi connectivity index (χ4v) is 5.75. The molecule has 140 valence electrons. The highest BCUT2D eigenvalue weighted by Gasteiger charge is 2.43. The van der Waals surface area contributed by atoms with Crippen molar-refractivity contribution in [2.45, 2.75) is 58.3 Å². The van der Waals surface area contributed by atoms with Crippen molar-refractivity contribution in [3.63, 3.8) is 0 Å². The predicted molar refractivity (Wildman–Crippen MR) is 101 cm³/mol. The average Bonchev–Trinajstić information content (AvgIpc) is 3.35. The molecule has 3 fully saturated rings.